The Labute approximate surface area is 137 Å². The smallest absolute Gasteiger partial charge is 0.251 e. The summed E-state index contributed by atoms with van der Waals surface area (Å²) in [6.45, 7) is 6.67. The number of aromatic nitrogens is 1. The van der Waals surface area contributed by atoms with Gasteiger partial charge in [0.05, 0.1) is 6.10 Å². The number of nitrogens with zero attached hydrogens (tertiary/aromatic N) is 1. The molecule has 0 aliphatic rings. The van der Waals surface area contributed by atoms with E-state index in [1.54, 1.807) is 18.3 Å². The van der Waals surface area contributed by atoms with E-state index < -0.39 is 0 Å². The molecule has 1 aromatic heterocycles. The summed E-state index contributed by atoms with van der Waals surface area (Å²) >= 11 is 0. The van der Waals surface area contributed by atoms with Crippen LogP contribution < -0.4 is 15.4 Å². The lowest BCUT2D eigenvalue weighted by molar-refractivity contribution is 0.0953. The van der Waals surface area contributed by atoms with Gasteiger partial charge in [0.25, 0.3) is 5.91 Å². The normalized spacial score (nSPS) is 10.4. The summed E-state index contributed by atoms with van der Waals surface area (Å²) in [5, 5.41) is 6.04. The van der Waals surface area contributed by atoms with E-state index in [0.717, 1.165) is 17.9 Å². The molecule has 0 aliphatic heterocycles. The van der Waals surface area contributed by atoms with Gasteiger partial charge < -0.3 is 15.4 Å². The highest BCUT2D eigenvalue weighted by Crippen LogP contribution is 2.20. The zero-order chi connectivity index (χ0) is 16.7. The average molecular weight is 313 g/mol. The van der Waals surface area contributed by atoms with Gasteiger partial charge in [0, 0.05) is 24.0 Å². The zero-order valence-corrected chi connectivity index (χ0v) is 13.8. The Morgan fingerprint density at radius 3 is 2.61 bits per heavy atom. The molecule has 0 unspecified atom stereocenters. The van der Waals surface area contributed by atoms with E-state index >= 15 is 0 Å². The summed E-state index contributed by atoms with van der Waals surface area (Å²) in [4.78, 5) is 16.2. The molecule has 23 heavy (non-hydrogen) atoms. The lowest BCUT2D eigenvalue weighted by Gasteiger charge is -2.11. The van der Waals surface area contributed by atoms with E-state index in [1.807, 2.05) is 45.0 Å². The molecule has 1 amide bonds. The first kappa shape index (κ1) is 16.8. The molecule has 2 N–H and O–H groups in total. The highest BCUT2D eigenvalue weighted by atomic mass is 16.5. The highest BCUT2D eigenvalue weighted by Gasteiger charge is 2.06. The summed E-state index contributed by atoms with van der Waals surface area (Å²) in [7, 11) is 0. The van der Waals surface area contributed by atoms with Gasteiger partial charge in [-0.3, -0.25) is 4.79 Å². The maximum Gasteiger partial charge on any atom is 0.251 e. The second-order valence-corrected chi connectivity index (χ2v) is 5.50. The summed E-state index contributed by atoms with van der Waals surface area (Å²) < 4.78 is 5.61. The number of ether oxygens (including phenoxy) is 1. The summed E-state index contributed by atoms with van der Waals surface area (Å²) in [6, 6.07) is 11.1. The van der Waals surface area contributed by atoms with Crippen molar-refractivity contribution in [2.75, 3.05) is 11.9 Å². The van der Waals surface area contributed by atoms with E-state index in [1.165, 1.54) is 0 Å². The summed E-state index contributed by atoms with van der Waals surface area (Å²) in [5.74, 6) is 1.37. The minimum absolute atomic E-state index is 0.0852. The third-order valence-electron chi connectivity index (χ3n) is 3.06. The Bertz CT molecular complexity index is 639. The number of carbonyl (C=O) groups excluding carboxylic acids is 1. The van der Waals surface area contributed by atoms with Gasteiger partial charge in [-0.2, -0.15) is 0 Å². The van der Waals surface area contributed by atoms with Gasteiger partial charge in [-0.05, 0) is 56.7 Å². The van der Waals surface area contributed by atoms with E-state index in [4.69, 9.17) is 4.74 Å². The minimum Gasteiger partial charge on any atom is -0.491 e. The fourth-order valence-corrected chi connectivity index (χ4v) is 2.02. The molecule has 0 saturated carbocycles. The van der Waals surface area contributed by atoms with E-state index in [0.29, 0.717) is 17.9 Å². The highest BCUT2D eigenvalue weighted by molar-refractivity contribution is 5.94. The molecule has 0 radical (unpaired) electrons. The van der Waals surface area contributed by atoms with Crippen molar-refractivity contribution in [3.63, 3.8) is 0 Å². The third-order valence-corrected chi connectivity index (χ3v) is 3.06. The van der Waals surface area contributed by atoms with Gasteiger partial charge in [-0.1, -0.05) is 6.92 Å². The first-order valence-electron chi connectivity index (χ1n) is 7.86. The average Bonchev–Trinajstić information content (AvgIpc) is 2.54. The van der Waals surface area contributed by atoms with Crippen LogP contribution in [0.4, 0.5) is 11.5 Å². The number of pyridine rings is 1. The van der Waals surface area contributed by atoms with Crippen LogP contribution in [-0.2, 0) is 0 Å². The molecule has 0 saturated heterocycles. The van der Waals surface area contributed by atoms with Crippen LogP contribution in [-0.4, -0.2) is 23.5 Å². The van der Waals surface area contributed by atoms with Gasteiger partial charge in [0.15, 0.2) is 0 Å². The number of hydrogen-bond acceptors (Lipinski definition) is 4. The van der Waals surface area contributed by atoms with Gasteiger partial charge >= 0.3 is 0 Å². The number of carbonyl (C=O) groups is 1. The molecule has 2 aromatic rings. The van der Waals surface area contributed by atoms with Gasteiger partial charge in [-0.25, -0.2) is 4.98 Å². The SMILES string of the molecule is CCCNC(=O)c1ccnc(Nc2ccc(OC(C)C)cc2)c1. The minimum atomic E-state index is -0.0852. The van der Waals surface area contributed by atoms with Crippen LogP contribution in [0.1, 0.15) is 37.6 Å². The van der Waals surface area contributed by atoms with Crippen molar-refractivity contribution in [1.82, 2.24) is 10.3 Å². The number of benzene rings is 1. The Morgan fingerprint density at radius 1 is 1.22 bits per heavy atom. The van der Waals surface area contributed by atoms with E-state index in [9.17, 15) is 4.79 Å². The molecule has 122 valence electrons. The van der Waals surface area contributed by atoms with Gasteiger partial charge in [0.2, 0.25) is 0 Å². The second kappa shape index (κ2) is 8.17. The Kier molecular flexibility index (Phi) is 5.97. The first-order valence-corrected chi connectivity index (χ1v) is 7.86. The third kappa shape index (κ3) is 5.29. The topological polar surface area (TPSA) is 63.2 Å². The summed E-state index contributed by atoms with van der Waals surface area (Å²) in [5.41, 5.74) is 1.48. The first-order chi connectivity index (χ1) is 11.1. The van der Waals surface area contributed by atoms with Crippen LogP contribution in [0.15, 0.2) is 42.6 Å². The van der Waals surface area contributed by atoms with Crippen LogP contribution in [0.25, 0.3) is 0 Å². The van der Waals surface area contributed by atoms with Crippen molar-refractivity contribution in [2.45, 2.75) is 33.3 Å². The standard InChI is InChI=1S/C18H23N3O2/c1-4-10-20-18(22)14-9-11-19-17(12-14)21-15-5-7-16(8-6-15)23-13(2)3/h5-9,11-13H,4,10H2,1-3H3,(H,19,21)(H,20,22). The van der Waals surface area contributed by atoms with Gasteiger partial charge in [-0.15, -0.1) is 0 Å². The number of nitrogens with one attached hydrogen (secondary N) is 2. The van der Waals surface area contributed by atoms with Crippen molar-refractivity contribution in [3.8, 4) is 5.75 Å². The quantitative estimate of drug-likeness (QED) is 0.817. The van der Waals surface area contributed by atoms with Crippen LogP contribution in [0.2, 0.25) is 0 Å². The lowest BCUT2D eigenvalue weighted by atomic mass is 10.2. The van der Waals surface area contributed by atoms with Crippen molar-refractivity contribution in [1.29, 1.82) is 0 Å². The molecule has 5 nitrogen and oxygen atoms in total. The zero-order valence-electron chi connectivity index (χ0n) is 13.8. The number of amides is 1. The van der Waals surface area contributed by atoms with Crippen molar-refractivity contribution >= 4 is 17.4 Å². The maximum atomic E-state index is 12.0. The van der Waals surface area contributed by atoms with Gasteiger partial charge in [0.1, 0.15) is 11.6 Å². The fourth-order valence-electron chi connectivity index (χ4n) is 2.02. The molecule has 0 atom stereocenters. The Balaban J connectivity index is 2.03. The molecule has 0 aliphatic carbocycles. The van der Waals surface area contributed by atoms with E-state index in [2.05, 4.69) is 15.6 Å². The molecule has 0 spiro atoms. The number of hydrogen-bond donors (Lipinski definition) is 2. The van der Waals surface area contributed by atoms with Crippen LogP contribution in [0, 0.1) is 0 Å². The molecular weight excluding hydrogens is 290 g/mol. The van der Waals surface area contributed by atoms with Crippen molar-refractivity contribution in [3.05, 3.63) is 48.2 Å². The molecule has 5 heteroatoms. The number of rotatable bonds is 7. The van der Waals surface area contributed by atoms with Crippen molar-refractivity contribution < 1.29 is 9.53 Å². The molecule has 2 rings (SSSR count). The molecule has 1 heterocycles. The molecule has 1 aromatic carbocycles. The lowest BCUT2D eigenvalue weighted by Crippen LogP contribution is -2.24. The maximum absolute atomic E-state index is 12.0. The monoisotopic (exact) mass is 313 g/mol. The summed E-state index contributed by atoms with van der Waals surface area (Å²) in [6.07, 6.45) is 2.68. The Morgan fingerprint density at radius 2 is 1.96 bits per heavy atom. The molecule has 0 fully saturated rings. The predicted octanol–water partition coefficient (Wildman–Crippen LogP) is 3.75. The van der Waals surface area contributed by atoms with Crippen LogP contribution >= 0.6 is 0 Å². The Hall–Kier alpha value is -2.56. The molecule has 0 bridgehead atoms. The van der Waals surface area contributed by atoms with E-state index in [-0.39, 0.29) is 12.0 Å². The fraction of sp³-hybridized carbons (Fsp3) is 0.333. The van der Waals surface area contributed by atoms with Crippen molar-refractivity contribution in [2.24, 2.45) is 0 Å². The predicted molar refractivity (Wildman–Crippen MR) is 92.3 cm³/mol. The molecular formula is C18H23N3O2. The second-order valence-electron chi connectivity index (χ2n) is 5.50. The van der Waals surface area contributed by atoms with Crippen LogP contribution in [0.3, 0.4) is 0 Å². The number of anilines is 2. The van der Waals surface area contributed by atoms with Crippen LogP contribution in [0.5, 0.6) is 5.75 Å². The largest absolute Gasteiger partial charge is 0.491 e.